The van der Waals surface area contributed by atoms with Gasteiger partial charge in [0.15, 0.2) is 0 Å². The number of ether oxygens (including phenoxy) is 1. The Labute approximate surface area is 97.3 Å². The van der Waals surface area contributed by atoms with Crippen molar-refractivity contribution in [1.29, 1.82) is 0 Å². The van der Waals surface area contributed by atoms with E-state index in [-0.39, 0.29) is 6.61 Å². The van der Waals surface area contributed by atoms with Crippen molar-refractivity contribution in [3.8, 4) is 5.75 Å². The Morgan fingerprint density at radius 2 is 2.12 bits per heavy atom. The molecule has 2 atom stereocenters. The first kappa shape index (κ1) is 11.5. The second kappa shape index (κ2) is 4.46. The lowest BCUT2D eigenvalue weighted by atomic mass is 9.94. The van der Waals surface area contributed by atoms with Crippen LogP contribution in [0, 0.1) is 6.92 Å². The molecule has 0 radical (unpaired) electrons. The maximum atomic E-state index is 9.12. The molecule has 1 N–H and O–H groups in total. The predicted octanol–water partition coefficient (Wildman–Crippen LogP) is 2.98. The average Bonchev–Trinajstić information content (AvgIpc) is 2.59. The van der Waals surface area contributed by atoms with E-state index in [0.29, 0.717) is 11.8 Å². The van der Waals surface area contributed by atoms with Crippen LogP contribution < -0.4 is 4.74 Å². The van der Waals surface area contributed by atoms with Gasteiger partial charge in [-0.05, 0) is 48.8 Å². The summed E-state index contributed by atoms with van der Waals surface area (Å²) in [6.07, 6.45) is 2.00. The zero-order valence-electron chi connectivity index (χ0n) is 10.3. The van der Waals surface area contributed by atoms with Crippen LogP contribution in [0.3, 0.4) is 0 Å². The fourth-order valence-corrected chi connectivity index (χ4v) is 3.03. The van der Waals surface area contributed by atoms with E-state index in [9.17, 15) is 0 Å². The van der Waals surface area contributed by atoms with Crippen LogP contribution in [0.2, 0.25) is 0 Å². The molecule has 16 heavy (non-hydrogen) atoms. The SMILES string of the molecule is COc1ccc(C)c2c1C(C)CC2CCO. The minimum Gasteiger partial charge on any atom is -0.496 e. The molecule has 88 valence electrons. The molecule has 1 aliphatic rings. The van der Waals surface area contributed by atoms with Gasteiger partial charge in [-0.15, -0.1) is 0 Å². The topological polar surface area (TPSA) is 29.5 Å². The Hall–Kier alpha value is -1.02. The molecular formula is C14H20O2. The molecule has 0 spiro atoms. The molecule has 0 saturated heterocycles. The van der Waals surface area contributed by atoms with Crippen LogP contribution in [0.15, 0.2) is 12.1 Å². The number of hydrogen-bond donors (Lipinski definition) is 1. The molecule has 2 unspecified atom stereocenters. The summed E-state index contributed by atoms with van der Waals surface area (Å²) in [5.74, 6) is 2.06. The van der Waals surface area contributed by atoms with E-state index in [1.807, 2.05) is 0 Å². The van der Waals surface area contributed by atoms with Gasteiger partial charge < -0.3 is 9.84 Å². The van der Waals surface area contributed by atoms with Crippen molar-refractivity contribution < 1.29 is 9.84 Å². The largest absolute Gasteiger partial charge is 0.496 e. The molecule has 0 aromatic heterocycles. The maximum absolute atomic E-state index is 9.12. The Morgan fingerprint density at radius 3 is 2.75 bits per heavy atom. The summed E-state index contributed by atoms with van der Waals surface area (Å²) in [4.78, 5) is 0. The molecule has 2 heteroatoms. The minimum atomic E-state index is 0.271. The quantitative estimate of drug-likeness (QED) is 0.848. The van der Waals surface area contributed by atoms with E-state index in [4.69, 9.17) is 9.84 Å². The first-order valence-electron chi connectivity index (χ1n) is 5.97. The highest BCUT2D eigenvalue weighted by Gasteiger charge is 2.31. The Balaban J connectivity index is 2.49. The summed E-state index contributed by atoms with van der Waals surface area (Å²) in [6, 6.07) is 4.19. The number of benzene rings is 1. The Kier molecular flexibility index (Phi) is 3.20. The minimum absolute atomic E-state index is 0.271. The molecule has 0 saturated carbocycles. The number of rotatable bonds is 3. The van der Waals surface area contributed by atoms with Gasteiger partial charge in [-0.2, -0.15) is 0 Å². The third-order valence-corrected chi connectivity index (χ3v) is 3.70. The molecule has 0 aliphatic heterocycles. The normalized spacial score (nSPS) is 23.2. The zero-order chi connectivity index (χ0) is 11.7. The summed E-state index contributed by atoms with van der Waals surface area (Å²) < 4.78 is 5.45. The van der Waals surface area contributed by atoms with Gasteiger partial charge >= 0.3 is 0 Å². The van der Waals surface area contributed by atoms with Gasteiger partial charge in [0.1, 0.15) is 5.75 Å². The van der Waals surface area contributed by atoms with E-state index >= 15 is 0 Å². The van der Waals surface area contributed by atoms with Gasteiger partial charge in [0.25, 0.3) is 0 Å². The highest BCUT2D eigenvalue weighted by molar-refractivity contribution is 5.51. The molecule has 1 aromatic carbocycles. The highest BCUT2D eigenvalue weighted by atomic mass is 16.5. The Bertz CT molecular complexity index is 385. The average molecular weight is 220 g/mol. The van der Waals surface area contributed by atoms with Crippen LogP contribution in [0.1, 0.15) is 48.3 Å². The van der Waals surface area contributed by atoms with Gasteiger partial charge in [0.05, 0.1) is 7.11 Å². The van der Waals surface area contributed by atoms with Gasteiger partial charge in [0, 0.05) is 12.2 Å². The maximum Gasteiger partial charge on any atom is 0.122 e. The van der Waals surface area contributed by atoms with Gasteiger partial charge in [0.2, 0.25) is 0 Å². The molecular weight excluding hydrogens is 200 g/mol. The van der Waals surface area contributed by atoms with E-state index in [1.54, 1.807) is 7.11 Å². The molecule has 2 nitrogen and oxygen atoms in total. The predicted molar refractivity (Wildman–Crippen MR) is 65.2 cm³/mol. The zero-order valence-corrected chi connectivity index (χ0v) is 10.3. The van der Waals surface area contributed by atoms with Crippen molar-refractivity contribution in [3.05, 3.63) is 28.8 Å². The number of hydrogen-bond acceptors (Lipinski definition) is 2. The van der Waals surface area contributed by atoms with Crippen LogP contribution in [-0.2, 0) is 0 Å². The van der Waals surface area contributed by atoms with Crippen molar-refractivity contribution in [1.82, 2.24) is 0 Å². The van der Waals surface area contributed by atoms with E-state index < -0.39 is 0 Å². The number of aryl methyl sites for hydroxylation is 1. The number of aliphatic hydroxyl groups excluding tert-OH is 1. The van der Waals surface area contributed by atoms with Gasteiger partial charge in [-0.3, -0.25) is 0 Å². The second-order valence-corrected chi connectivity index (χ2v) is 4.76. The van der Waals surface area contributed by atoms with E-state index in [1.165, 1.54) is 16.7 Å². The van der Waals surface area contributed by atoms with Gasteiger partial charge in [-0.1, -0.05) is 13.0 Å². The smallest absolute Gasteiger partial charge is 0.122 e. The summed E-state index contributed by atoms with van der Waals surface area (Å²) in [7, 11) is 1.73. The third-order valence-electron chi connectivity index (χ3n) is 3.70. The molecule has 0 bridgehead atoms. The van der Waals surface area contributed by atoms with Crippen molar-refractivity contribution in [2.75, 3.05) is 13.7 Å². The van der Waals surface area contributed by atoms with Crippen molar-refractivity contribution in [2.45, 2.75) is 38.5 Å². The van der Waals surface area contributed by atoms with Crippen molar-refractivity contribution in [3.63, 3.8) is 0 Å². The monoisotopic (exact) mass is 220 g/mol. The number of fused-ring (bicyclic) bond motifs is 1. The first-order valence-corrected chi connectivity index (χ1v) is 5.97. The molecule has 0 fully saturated rings. The lowest BCUT2D eigenvalue weighted by Gasteiger charge is -2.15. The first-order chi connectivity index (χ1) is 7.69. The molecule has 0 amide bonds. The van der Waals surface area contributed by atoms with E-state index in [2.05, 4.69) is 26.0 Å². The second-order valence-electron chi connectivity index (χ2n) is 4.76. The van der Waals surface area contributed by atoms with E-state index in [0.717, 1.165) is 18.6 Å². The lowest BCUT2D eigenvalue weighted by Crippen LogP contribution is -2.00. The molecule has 0 heterocycles. The molecule has 2 rings (SSSR count). The third kappa shape index (κ3) is 1.71. The van der Waals surface area contributed by atoms with Gasteiger partial charge in [-0.25, -0.2) is 0 Å². The van der Waals surface area contributed by atoms with Crippen LogP contribution in [0.25, 0.3) is 0 Å². The van der Waals surface area contributed by atoms with Crippen LogP contribution in [-0.4, -0.2) is 18.8 Å². The highest BCUT2D eigenvalue weighted by Crippen LogP contribution is 2.48. The lowest BCUT2D eigenvalue weighted by molar-refractivity contribution is 0.274. The molecule has 1 aromatic rings. The summed E-state index contributed by atoms with van der Waals surface area (Å²) >= 11 is 0. The summed E-state index contributed by atoms with van der Waals surface area (Å²) in [6.45, 7) is 4.67. The van der Waals surface area contributed by atoms with Crippen LogP contribution >= 0.6 is 0 Å². The summed E-state index contributed by atoms with van der Waals surface area (Å²) in [5, 5.41) is 9.12. The fourth-order valence-electron chi connectivity index (χ4n) is 3.03. The van der Waals surface area contributed by atoms with Crippen LogP contribution in [0.4, 0.5) is 0 Å². The fraction of sp³-hybridized carbons (Fsp3) is 0.571. The van der Waals surface area contributed by atoms with Crippen molar-refractivity contribution in [2.24, 2.45) is 0 Å². The van der Waals surface area contributed by atoms with Crippen molar-refractivity contribution >= 4 is 0 Å². The number of methoxy groups -OCH3 is 1. The summed E-state index contributed by atoms with van der Waals surface area (Å²) in [5.41, 5.74) is 4.11. The molecule has 1 aliphatic carbocycles. The Morgan fingerprint density at radius 1 is 1.38 bits per heavy atom. The standard InChI is InChI=1S/C14H20O2/c1-9-4-5-12(16-3)14-10(2)8-11(6-7-15)13(9)14/h4-5,10-11,15H,6-8H2,1-3H3. The van der Waals surface area contributed by atoms with Crippen LogP contribution in [0.5, 0.6) is 5.75 Å². The number of aliphatic hydroxyl groups is 1.